The van der Waals surface area contributed by atoms with Crippen molar-refractivity contribution in [2.45, 2.75) is 81.2 Å². The summed E-state index contributed by atoms with van der Waals surface area (Å²) in [6.45, 7) is -1.23. The minimum atomic E-state index is -2.62. The Bertz CT molecular complexity index is 1380. The Morgan fingerprint density at radius 2 is 1.64 bits per heavy atom. The van der Waals surface area contributed by atoms with E-state index >= 15 is 0 Å². The van der Waals surface area contributed by atoms with E-state index in [0.717, 1.165) is 6.92 Å². The van der Waals surface area contributed by atoms with Gasteiger partial charge in [-0.2, -0.15) is 0 Å². The van der Waals surface area contributed by atoms with Gasteiger partial charge in [-0.25, -0.2) is 4.79 Å². The molecule has 47 heavy (non-hydrogen) atoms. The fourth-order valence-electron chi connectivity index (χ4n) is 5.67. The third-order valence-electron chi connectivity index (χ3n) is 7.97. The lowest BCUT2D eigenvalue weighted by Crippen LogP contribution is -2.77. The molecule has 1 aliphatic heterocycles. The number of carbonyl (C=O) groups excluding carboxylic acids is 4. The van der Waals surface area contributed by atoms with E-state index in [-0.39, 0.29) is 13.3 Å². The second-order valence-electron chi connectivity index (χ2n) is 11.1. The van der Waals surface area contributed by atoms with Crippen LogP contribution in [0, 0.1) is 0 Å². The number of carboxylic acids is 1. The Labute approximate surface area is 272 Å². The summed E-state index contributed by atoms with van der Waals surface area (Å²) in [6, 6.07) is 14.4. The van der Waals surface area contributed by atoms with Gasteiger partial charge in [-0.05, 0) is 24.0 Å². The first-order chi connectivity index (χ1) is 22.8. The fraction of sp³-hybridized carbons (Fsp3) is 0.469. The summed E-state index contributed by atoms with van der Waals surface area (Å²) in [7, 11) is 0. The number of benzene rings is 2. The molecule has 0 saturated carbocycles. The second kappa shape index (κ2) is 16.5. The summed E-state index contributed by atoms with van der Waals surface area (Å²) in [5.41, 5.74) is 17.0. The zero-order valence-electron chi connectivity index (χ0n) is 26.8. The molecule has 0 aliphatic carbocycles. The van der Waals surface area contributed by atoms with E-state index < -0.39 is 104 Å². The number of carboxylic acid groups (broad SMARTS) is 1. The van der Waals surface area contributed by atoms with Crippen molar-refractivity contribution in [3.8, 4) is 0 Å². The first-order valence-corrected chi connectivity index (χ1v) is 14.8. The first-order valence-electron chi connectivity index (χ1n) is 15.5. The molecule has 1 saturated heterocycles. The molecule has 0 aromatic heterocycles. The molecule has 0 bridgehead atoms. The minimum absolute atomic E-state index is 0.227. The summed E-state index contributed by atoms with van der Waals surface area (Å²) in [4.78, 5) is 66.0. The van der Waals surface area contributed by atoms with E-state index in [2.05, 4.69) is 0 Å². The standard InChI is InChI=1S/C32H42N4O11/c1-3-21(33)30(43)36(18(2)38)32(31(35)44,29-25(34)28(45-17-23(39)40)26(42)22(16-37)46-29)15-14-24(41)47-27(19-10-6-4-7-11-19)20-12-8-5-9-13-20/h4-13,21-22,25-29,37,42H,3,14-17,33-34H2,1-2H3,(H2,35,44)(H,39,40)/t21-,22+,25+,26+,28+,29?,32+/m0/s1/i1D. The topological polar surface area (TPSA) is 255 Å². The normalized spacial score (nSPS) is 23.2. The van der Waals surface area contributed by atoms with Crippen LogP contribution >= 0.6 is 0 Å². The molecule has 15 heteroatoms. The van der Waals surface area contributed by atoms with Gasteiger partial charge in [0.1, 0.15) is 31.0 Å². The number of ether oxygens (including phenoxy) is 3. The molecule has 1 aliphatic rings. The van der Waals surface area contributed by atoms with Crippen molar-refractivity contribution >= 4 is 29.7 Å². The summed E-state index contributed by atoms with van der Waals surface area (Å²) in [5.74, 6) is -5.88. The lowest BCUT2D eigenvalue weighted by Gasteiger charge is -2.52. The van der Waals surface area contributed by atoms with Gasteiger partial charge in [-0.1, -0.05) is 67.6 Å². The molecular formula is C32H42N4O11. The number of nitrogens with zero attached hydrogens (tertiary/aromatic N) is 1. The SMILES string of the molecule is [2H]CC[C@H](N)C(=O)N(C(C)=O)[C@@](CCC(=O)OC(c1ccccc1)c1ccccc1)(C(N)=O)C1O[C@H](CO)[C@@H](O)[C@H](OCC(=O)O)[C@H]1N. The maximum Gasteiger partial charge on any atom is 0.329 e. The highest BCUT2D eigenvalue weighted by Crippen LogP contribution is 2.37. The van der Waals surface area contributed by atoms with E-state index in [0.29, 0.717) is 16.0 Å². The number of amides is 3. The quantitative estimate of drug-likeness (QED) is 0.130. The third kappa shape index (κ3) is 8.38. The average molecular weight is 660 g/mol. The molecule has 3 amide bonds. The number of nitrogens with two attached hydrogens (primary N) is 3. The molecule has 9 N–H and O–H groups in total. The number of rotatable bonds is 15. The number of aliphatic hydroxyl groups is 2. The predicted octanol–water partition coefficient (Wildman–Crippen LogP) is -0.646. The molecule has 1 unspecified atom stereocenters. The number of aliphatic hydroxyl groups excluding tert-OH is 2. The first kappa shape index (κ1) is 35.6. The van der Waals surface area contributed by atoms with Crippen molar-refractivity contribution in [3.63, 3.8) is 0 Å². The molecule has 15 nitrogen and oxygen atoms in total. The van der Waals surface area contributed by atoms with Crippen LogP contribution in [0.2, 0.25) is 0 Å². The Morgan fingerprint density at radius 1 is 1.06 bits per heavy atom. The van der Waals surface area contributed by atoms with Gasteiger partial charge in [0.2, 0.25) is 17.7 Å². The van der Waals surface area contributed by atoms with Crippen LogP contribution in [-0.2, 0) is 38.2 Å². The van der Waals surface area contributed by atoms with Crippen molar-refractivity contribution in [1.82, 2.24) is 4.90 Å². The van der Waals surface area contributed by atoms with E-state index in [4.69, 9.17) is 32.8 Å². The molecule has 3 rings (SSSR count). The van der Waals surface area contributed by atoms with Crippen LogP contribution in [0.1, 0.15) is 51.7 Å². The average Bonchev–Trinajstić information content (AvgIpc) is 3.06. The maximum atomic E-state index is 13.7. The van der Waals surface area contributed by atoms with Gasteiger partial charge in [-0.15, -0.1) is 0 Å². The summed E-state index contributed by atoms with van der Waals surface area (Å²) < 4.78 is 24.6. The number of carbonyl (C=O) groups is 5. The number of aliphatic carboxylic acids is 1. The molecule has 256 valence electrons. The van der Waals surface area contributed by atoms with E-state index in [9.17, 15) is 39.3 Å². The Balaban J connectivity index is 2.12. The predicted molar refractivity (Wildman–Crippen MR) is 165 cm³/mol. The highest BCUT2D eigenvalue weighted by Gasteiger charge is 2.61. The Kier molecular flexibility index (Phi) is 12.5. The van der Waals surface area contributed by atoms with E-state index in [1.165, 1.54) is 0 Å². The second-order valence-corrected chi connectivity index (χ2v) is 11.1. The Morgan fingerprint density at radius 3 is 2.11 bits per heavy atom. The smallest absolute Gasteiger partial charge is 0.329 e. The largest absolute Gasteiger partial charge is 0.480 e. The summed E-state index contributed by atoms with van der Waals surface area (Å²) >= 11 is 0. The van der Waals surface area contributed by atoms with Crippen LogP contribution < -0.4 is 17.2 Å². The lowest BCUT2D eigenvalue weighted by atomic mass is 9.76. The molecule has 1 heterocycles. The Hall–Kier alpha value is -4.25. The van der Waals surface area contributed by atoms with Crippen molar-refractivity contribution in [3.05, 3.63) is 71.8 Å². The van der Waals surface area contributed by atoms with Gasteiger partial charge in [-0.3, -0.25) is 24.1 Å². The number of esters is 1. The maximum absolute atomic E-state index is 13.7. The third-order valence-corrected chi connectivity index (χ3v) is 7.97. The van der Waals surface area contributed by atoms with Crippen LogP contribution in [0.4, 0.5) is 0 Å². The summed E-state index contributed by atoms with van der Waals surface area (Å²) in [5, 5.41) is 30.1. The zero-order valence-corrected chi connectivity index (χ0v) is 25.8. The van der Waals surface area contributed by atoms with Gasteiger partial charge in [0.15, 0.2) is 11.6 Å². The van der Waals surface area contributed by atoms with Crippen LogP contribution in [-0.4, -0.2) is 105 Å². The summed E-state index contributed by atoms with van der Waals surface area (Å²) in [6.07, 6.45) is -9.26. The van der Waals surface area contributed by atoms with Crippen molar-refractivity contribution in [2.24, 2.45) is 17.2 Å². The molecule has 1 fully saturated rings. The molecule has 7 atom stereocenters. The monoisotopic (exact) mass is 659 g/mol. The van der Waals surface area contributed by atoms with E-state index in [1.807, 2.05) is 0 Å². The van der Waals surface area contributed by atoms with E-state index in [1.54, 1.807) is 60.7 Å². The van der Waals surface area contributed by atoms with Crippen LogP contribution in [0.5, 0.6) is 0 Å². The van der Waals surface area contributed by atoms with Crippen molar-refractivity contribution < 1.29 is 54.9 Å². The minimum Gasteiger partial charge on any atom is -0.480 e. The highest BCUT2D eigenvalue weighted by atomic mass is 16.6. The van der Waals surface area contributed by atoms with Crippen LogP contribution in [0.3, 0.4) is 0 Å². The van der Waals surface area contributed by atoms with Crippen LogP contribution in [0.15, 0.2) is 60.7 Å². The number of imide groups is 1. The molecule has 2 aromatic rings. The van der Waals surface area contributed by atoms with Gasteiger partial charge in [0.25, 0.3) is 0 Å². The van der Waals surface area contributed by atoms with Gasteiger partial charge >= 0.3 is 11.9 Å². The van der Waals surface area contributed by atoms with Gasteiger partial charge in [0, 0.05) is 14.7 Å². The molecular weight excluding hydrogens is 616 g/mol. The molecule has 0 spiro atoms. The van der Waals surface area contributed by atoms with Crippen molar-refractivity contribution in [2.75, 3.05) is 13.2 Å². The number of primary amides is 1. The fourth-order valence-corrected chi connectivity index (χ4v) is 5.67. The van der Waals surface area contributed by atoms with Gasteiger partial charge < -0.3 is 46.7 Å². The van der Waals surface area contributed by atoms with Crippen LogP contribution in [0.25, 0.3) is 0 Å². The van der Waals surface area contributed by atoms with Gasteiger partial charge in [0.05, 0.1) is 18.7 Å². The van der Waals surface area contributed by atoms with Crippen molar-refractivity contribution in [1.29, 1.82) is 0 Å². The zero-order chi connectivity index (χ0) is 35.6. The number of hydrogen-bond donors (Lipinski definition) is 6. The molecule has 0 radical (unpaired) electrons. The molecule has 2 aromatic carbocycles. The lowest BCUT2D eigenvalue weighted by molar-refractivity contribution is -0.231. The number of hydrogen-bond acceptors (Lipinski definition) is 12. The highest BCUT2D eigenvalue weighted by molar-refractivity contribution is 6.04.